The van der Waals surface area contributed by atoms with Gasteiger partial charge in [0.15, 0.2) is 0 Å². The summed E-state index contributed by atoms with van der Waals surface area (Å²) in [5.41, 5.74) is 2.79. The van der Waals surface area contributed by atoms with E-state index < -0.39 is 0 Å². The number of aryl methyl sites for hydroxylation is 1. The second-order valence-corrected chi connectivity index (χ2v) is 4.30. The van der Waals surface area contributed by atoms with E-state index in [-0.39, 0.29) is 5.97 Å². The number of esters is 1. The molecule has 0 heterocycles. The topological polar surface area (TPSA) is 35.5 Å². The molecule has 0 unspecified atom stereocenters. The standard InChI is InChI=1S/C16H16O3/c1-12-5-3-6-13(9-12)11-19-15-8-4-7-14(10-15)16(17)18-2/h3-10H,11H2,1-2H3. The van der Waals surface area contributed by atoms with Crippen molar-refractivity contribution >= 4 is 5.97 Å². The summed E-state index contributed by atoms with van der Waals surface area (Å²) in [7, 11) is 1.36. The molecule has 0 saturated heterocycles. The van der Waals surface area contributed by atoms with Crippen LogP contribution in [0.15, 0.2) is 48.5 Å². The second kappa shape index (κ2) is 6.05. The molecule has 0 atom stereocenters. The molecule has 0 spiro atoms. The van der Waals surface area contributed by atoms with Crippen LogP contribution < -0.4 is 4.74 Å². The zero-order valence-corrected chi connectivity index (χ0v) is 11.1. The van der Waals surface area contributed by atoms with E-state index in [0.717, 1.165) is 5.56 Å². The first-order valence-electron chi connectivity index (χ1n) is 6.06. The molecule has 19 heavy (non-hydrogen) atoms. The molecule has 0 aliphatic rings. The molecule has 2 aromatic carbocycles. The number of hydrogen-bond donors (Lipinski definition) is 0. The maximum atomic E-state index is 11.4. The summed E-state index contributed by atoms with van der Waals surface area (Å²) in [6.45, 7) is 2.52. The van der Waals surface area contributed by atoms with Gasteiger partial charge in [-0.25, -0.2) is 4.79 Å². The van der Waals surface area contributed by atoms with Gasteiger partial charge in [0, 0.05) is 0 Å². The minimum Gasteiger partial charge on any atom is -0.489 e. The van der Waals surface area contributed by atoms with E-state index in [0.29, 0.717) is 17.9 Å². The number of carbonyl (C=O) groups excluding carboxylic acids is 1. The van der Waals surface area contributed by atoms with Gasteiger partial charge >= 0.3 is 5.97 Å². The summed E-state index contributed by atoms with van der Waals surface area (Å²) in [4.78, 5) is 11.4. The smallest absolute Gasteiger partial charge is 0.337 e. The van der Waals surface area contributed by atoms with E-state index in [2.05, 4.69) is 10.8 Å². The zero-order chi connectivity index (χ0) is 13.7. The van der Waals surface area contributed by atoms with Crippen LogP contribution in [-0.2, 0) is 11.3 Å². The molecule has 0 bridgehead atoms. The third-order valence-electron chi connectivity index (χ3n) is 2.74. The number of rotatable bonds is 4. The van der Waals surface area contributed by atoms with Crippen LogP contribution in [0.4, 0.5) is 0 Å². The highest BCUT2D eigenvalue weighted by molar-refractivity contribution is 5.89. The Balaban J connectivity index is 2.05. The van der Waals surface area contributed by atoms with E-state index in [4.69, 9.17) is 4.74 Å². The fourth-order valence-electron chi connectivity index (χ4n) is 1.80. The molecule has 3 heteroatoms. The van der Waals surface area contributed by atoms with Crippen molar-refractivity contribution in [3.05, 3.63) is 65.2 Å². The summed E-state index contributed by atoms with van der Waals surface area (Å²) < 4.78 is 10.3. The summed E-state index contributed by atoms with van der Waals surface area (Å²) in [6.07, 6.45) is 0. The average molecular weight is 256 g/mol. The van der Waals surface area contributed by atoms with Crippen LogP contribution in [-0.4, -0.2) is 13.1 Å². The normalized spacial score (nSPS) is 10.0. The zero-order valence-electron chi connectivity index (χ0n) is 11.1. The van der Waals surface area contributed by atoms with Crippen LogP contribution in [0.2, 0.25) is 0 Å². The molecule has 2 aromatic rings. The van der Waals surface area contributed by atoms with Gasteiger partial charge in [0.05, 0.1) is 12.7 Å². The molecular weight excluding hydrogens is 240 g/mol. The average Bonchev–Trinajstić information content (AvgIpc) is 2.45. The second-order valence-electron chi connectivity index (χ2n) is 4.30. The van der Waals surface area contributed by atoms with Gasteiger partial charge in [-0.15, -0.1) is 0 Å². The Hall–Kier alpha value is -2.29. The van der Waals surface area contributed by atoms with Crippen LogP contribution in [0, 0.1) is 6.92 Å². The number of carbonyl (C=O) groups is 1. The van der Waals surface area contributed by atoms with E-state index in [1.165, 1.54) is 12.7 Å². The third-order valence-corrected chi connectivity index (χ3v) is 2.74. The minimum absolute atomic E-state index is 0.360. The first-order valence-corrected chi connectivity index (χ1v) is 6.06. The maximum Gasteiger partial charge on any atom is 0.337 e. The first-order chi connectivity index (χ1) is 9.19. The highest BCUT2D eigenvalue weighted by atomic mass is 16.5. The maximum absolute atomic E-state index is 11.4. The molecule has 2 rings (SSSR count). The molecule has 0 radical (unpaired) electrons. The lowest BCUT2D eigenvalue weighted by Gasteiger charge is -2.08. The fourth-order valence-corrected chi connectivity index (χ4v) is 1.80. The van der Waals surface area contributed by atoms with Crippen LogP contribution in [0.3, 0.4) is 0 Å². The van der Waals surface area contributed by atoms with Crippen molar-refractivity contribution in [2.45, 2.75) is 13.5 Å². The van der Waals surface area contributed by atoms with E-state index in [1.807, 2.05) is 31.2 Å². The van der Waals surface area contributed by atoms with Gasteiger partial charge in [0.25, 0.3) is 0 Å². The summed E-state index contributed by atoms with van der Waals surface area (Å²) in [5, 5.41) is 0. The van der Waals surface area contributed by atoms with Gasteiger partial charge in [-0.1, -0.05) is 35.9 Å². The lowest BCUT2D eigenvalue weighted by atomic mass is 10.1. The number of methoxy groups -OCH3 is 1. The molecule has 0 fully saturated rings. The van der Waals surface area contributed by atoms with E-state index in [1.54, 1.807) is 18.2 Å². The van der Waals surface area contributed by atoms with Crippen molar-refractivity contribution in [1.29, 1.82) is 0 Å². The molecular formula is C16H16O3. The van der Waals surface area contributed by atoms with Crippen LogP contribution in [0.25, 0.3) is 0 Å². The van der Waals surface area contributed by atoms with Crippen molar-refractivity contribution in [3.63, 3.8) is 0 Å². The van der Waals surface area contributed by atoms with Gasteiger partial charge in [0.2, 0.25) is 0 Å². The van der Waals surface area contributed by atoms with Crippen molar-refractivity contribution < 1.29 is 14.3 Å². The largest absolute Gasteiger partial charge is 0.489 e. The van der Waals surface area contributed by atoms with Gasteiger partial charge < -0.3 is 9.47 Å². The Kier molecular flexibility index (Phi) is 4.18. The van der Waals surface area contributed by atoms with Crippen molar-refractivity contribution in [1.82, 2.24) is 0 Å². The quantitative estimate of drug-likeness (QED) is 0.787. The number of hydrogen-bond acceptors (Lipinski definition) is 3. The Bertz CT molecular complexity index is 576. The first kappa shape index (κ1) is 13.1. The van der Waals surface area contributed by atoms with Crippen LogP contribution >= 0.6 is 0 Å². The van der Waals surface area contributed by atoms with Crippen molar-refractivity contribution in [2.24, 2.45) is 0 Å². The minimum atomic E-state index is -0.360. The molecule has 3 nitrogen and oxygen atoms in total. The summed E-state index contributed by atoms with van der Waals surface area (Å²) in [5.74, 6) is 0.297. The molecule has 98 valence electrons. The van der Waals surface area contributed by atoms with Crippen LogP contribution in [0.1, 0.15) is 21.5 Å². The highest BCUT2D eigenvalue weighted by Gasteiger charge is 2.06. The molecule has 0 amide bonds. The van der Waals surface area contributed by atoms with E-state index >= 15 is 0 Å². The van der Waals surface area contributed by atoms with Crippen LogP contribution in [0.5, 0.6) is 5.75 Å². The van der Waals surface area contributed by atoms with Crippen molar-refractivity contribution in [2.75, 3.05) is 7.11 Å². The van der Waals surface area contributed by atoms with E-state index in [9.17, 15) is 4.79 Å². The van der Waals surface area contributed by atoms with Gasteiger partial charge in [0.1, 0.15) is 12.4 Å². The predicted molar refractivity (Wildman–Crippen MR) is 73.3 cm³/mol. The monoisotopic (exact) mass is 256 g/mol. The summed E-state index contributed by atoms with van der Waals surface area (Å²) in [6, 6.07) is 15.1. The lowest BCUT2D eigenvalue weighted by molar-refractivity contribution is 0.0600. The fraction of sp³-hybridized carbons (Fsp3) is 0.188. The van der Waals surface area contributed by atoms with Gasteiger partial charge in [-0.2, -0.15) is 0 Å². The molecule has 0 N–H and O–H groups in total. The predicted octanol–water partition coefficient (Wildman–Crippen LogP) is 3.36. The Labute approximate surface area is 112 Å². The SMILES string of the molecule is COC(=O)c1cccc(OCc2cccc(C)c2)c1. The van der Waals surface area contributed by atoms with Gasteiger partial charge in [-0.05, 0) is 30.7 Å². The Morgan fingerprint density at radius 1 is 1.11 bits per heavy atom. The molecule has 0 aliphatic carbocycles. The van der Waals surface area contributed by atoms with Crippen molar-refractivity contribution in [3.8, 4) is 5.75 Å². The number of ether oxygens (including phenoxy) is 2. The molecule has 0 aromatic heterocycles. The lowest BCUT2D eigenvalue weighted by Crippen LogP contribution is -2.02. The Morgan fingerprint density at radius 2 is 1.89 bits per heavy atom. The summed E-state index contributed by atoms with van der Waals surface area (Å²) >= 11 is 0. The molecule has 0 aliphatic heterocycles. The molecule has 0 saturated carbocycles. The van der Waals surface area contributed by atoms with Gasteiger partial charge in [-0.3, -0.25) is 0 Å². The highest BCUT2D eigenvalue weighted by Crippen LogP contribution is 2.16. The third kappa shape index (κ3) is 3.58. The Morgan fingerprint density at radius 3 is 2.63 bits per heavy atom. The number of benzene rings is 2.